The van der Waals surface area contributed by atoms with Crippen LogP contribution >= 0.6 is 0 Å². The molecule has 0 amide bonds. The first-order valence-corrected chi connectivity index (χ1v) is 6.46. The Labute approximate surface area is 119 Å². The Kier molecular flexibility index (Phi) is 6.91. The van der Waals surface area contributed by atoms with Gasteiger partial charge in [-0.3, -0.25) is 9.59 Å². The molecule has 1 rings (SSSR count). The first-order chi connectivity index (χ1) is 9.65. The smallest absolute Gasteiger partial charge is 0.313 e. The summed E-state index contributed by atoms with van der Waals surface area (Å²) in [6, 6.07) is 7.37. The van der Waals surface area contributed by atoms with Crippen LogP contribution in [0.4, 0.5) is 0 Å². The van der Waals surface area contributed by atoms with E-state index in [1.807, 2.05) is 24.3 Å². The maximum Gasteiger partial charge on any atom is 0.313 e. The van der Waals surface area contributed by atoms with E-state index in [9.17, 15) is 9.59 Å². The summed E-state index contributed by atoms with van der Waals surface area (Å²) in [5.74, 6) is 6.03. The molecule has 0 saturated carbocycles. The van der Waals surface area contributed by atoms with E-state index in [-0.39, 0.29) is 18.6 Å². The summed E-state index contributed by atoms with van der Waals surface area (Å²) in [5, 5.41) is 0. The lowest BCUT2D eigenvalue weighted by atomic mass is 10.1. The lowest BCUT2D eigenvalue weighted by Crippen LogP contribution is -2.10. The van der Waals surface area contributed by atoms with Crippen LogP contribution in [0.2, 0.25) is 0 Å². The van der Waals surface area contributed by atoms with Crippen molar-refractivity contribution in [3.8, 4) is 17.6 Å². The molecule has 1 aromatic carbocycles. The Bertz CT molecular complexity index is 506. The molecule has 1 aromatic rings. The second-order valence-corrected chi connectivity index (χ2v) is 4.05. The third-order valence-corrected chi connectivity index (χ3v) is 2.50. The van der Waals surface area contributed by atoms with Gasteiger partial charge in [0.05, 0.1) is 13.7 Å². The Morgan fingerprint density at radius 2 is 1.90 bits per heavy atom. The summed E-state index contributed by atoms with van der Waals surface area (Å²) in [4.78, 5) is 22.5. The van der Waals surface area contributed by atoms with Crippen LogP contribution in [0.3, 0.4) is 0 Å². The van der Waals surface area contributed by atoms with Crippen molar-refractivity contribution in [1.29, 1.82) is 0 Å². The van der Waals surface area contributed by atoms with Gasteiger partial charge < -0.3 is 9.47 Å². The van der Waals surface area contributed by atoms with Gasteiger partial charge in [0.25, 0.3) is 0 Å². The third-order valence-electron chi connectivity index (χ3n) is 2.50. The van der Waals surface area contributed by atoms with E-state index in [1.165, 1.54) is 0 Å². The third kappa shape index (κ3) is 6.05. The molecule has 0 spiro atoms. The zero-order chi connectivity index (χ0) is 14.8. The number of rotatable bonds is 6. The van der Waals surface area contributed by atoms with E-state index in [2.05, 4.69) is 11.8 Å². The van der Waals surface area contributed by atoms with E-state index >= 15 is 0 Å². The highest BCUT2D eigenvalue weighted by Crippen LogP contribution is 2.10. The van der Waals surface area contributed by atoms with Gasteiger partial charge in [-0.05, 0) is 31.2 Å². The number of methoxy groups -OCH3 is 1. The molecule has 0 N–H and O–H groups in total. The molecule has 0 aromatic heterocycles. The normalized spacial score (nSPS) is 9.30. The van der Waals surface area contributed by atoms with E-state index in [0.717, 1.165) is 11.3 Å². The first kappa shape index (κ1) is 15.8. The molecule has 0 bridgehead atoms. The van der Waals surface area contributed by atoms with Crippen LogP contribution in [-0.4, -0.2) is 25.5 Å². The van der Waals surface area contributed by atoms with Crippen molar-refractivity contribution in [3.05, 3.63) is 29.8 Å². The molecule has 0 aliphatic carbocycles. The van der Waals surface area contributed by atoms with Crippen LogP contribution in [0.15, 0.2) is 24.3 Å². The van der Waals surface area contributed by atoms with Gasteiger partial charge in [-0.2, -0.15) is 0 Å². The molecule has 0 radical (unpaired) electrons. The lowest BCUT2D eigenvalue weighted by Gasteiger charge is -1.99. The van der Waals surface area contributed by atoms with Gasteiger partial charge in [0.1, 0.15) is 18.0 Å². The van der Waals surface area contributed by atoms with E-state index in [0.29, 0.717) is 13.0 Å². The molecule has 0 aliphatic rings. The molecule has 0 saturated heterocycles. The number of Topliss-reactive ketones (excluding diaryl/α,β-unsaturated/α-hetero) is 1. The van der Waals surface area contributed by atoms with Crippen molar-refractivity contribution in [2.24, 2.45) is 0 Å². The molecule has 0 fully saturated rings. The Morgan fingerprint density at radius 3 is 2.50 bits per heavy atom. The zero-order valence-corrected chi connectivity index (χ0v) is 11.8. The molecule has 4 nitrogen and oxygen atoms in total. The maximum absolute atomic E-state index is 11.4. The number of ether oxygens (including phenoxy) is 2. The van der Waals surface area contributed by atoms with Crippen LogP contribution < -0.4 is 4.74 Å². The number of benzene rings is 1. The average Bonchev–Trinajstić information content (AvgIpc) is 2.44. The summed E-state index contributed by atoms with van der Waals surface area (Å²) >= 11 is 0. The summed E-state index contributed by atoms with van der Waals surface area (Å²) < 4.78 is 9.75. The van der Waals surface area contributed by atoms with Gasteiger partial charge in [-0.1, -0.05) is 11.8 Å². The molecule has 20 heavy (non-hydrogen) atoms. The van der Waals surface area contributed by atoms with E-state index in [1.54, 1.807) is 14.0 Å². The SMILES string of the molecule is CCOC(=O)CC(=O)CCC#Cc1ccc(OC)cc1. The fraction of sp³-hybridized carbons (Fsp3) is 0.375. The van der Waals surface area contributed by atoms with Crippen LogP contribution in [0, 0.1) is 11.8 Å². The highest BCUT2D eigenvalue weighted by atomic mass is 16.5. The van der Waals surface area contributed by atoms with Gasteiger partial charge in [0, 0.05) is 18.4 Å². The van der Waals surface area contributed by atoms with E-state index < -0.39 is 5.97 Å². The van der Waals surface area contributed by atoms with Crippen molar-refractivity contribution in [2.45, 2.75) is 26.2 Å². The minimum Gasteiger partial charge on any atom is -0.497 e. The van der Waals surface area contributed by atoms with Crippen LogP contribution in [0.5, 0.6) is 5.75 Å². The van der Waals surface area contributed by atoms with E-state index in [4.69, 9.17) is 9.47 Å². The minimum atomic E-state index is -0.472. The first-order valence-electron chi connectivity index (χ1n) is 6.46. The summed E-state index contributed by atoms with van der Waals surface area (Å²) in [7, 11) is 1.61. The van der Waals surface area contributed by atoms with Crippen molar-refractivity contribution in [3.63, 3.8) is 0 Å². The monoisotopic (exact) mass is 274 g/mol. The number of esters is 1. The number of hydrogen-bond donors (Lipinski definition) is 0. The summed E-state index contributed by atoms with van der Waals surface area (Å²) in [6.07, 6.45) is 0.532. The van der Waals surface area contributed by atoms with Gasteiger partial charge in [-0.15, -0.1) is 0 Å². The highest BCUT2D eigenvalue weighted by Gasteiger charge is 2.08. The minimum absolute atomic E-state index is 0.146. The molecule has 0 aliphatic heterocycles. The van der Waals surface area contributed by atoms with Crippen LogP contribution in [0.1, 0.15) is 31.7 Å². The average molecular weight is 274 g/mol. The molecule has 0 atom stereocenters. The maximum atomic E-state index is 11.4. The van der Waals surface area contributed by atoms with Crippen LogP contribution in [0.25, 0.3) is 0 Å². The van der Waals surface area contributed by atoms with Gasteiger partial charge >= 0.3 is 5.97 Å². The number of ketones is 1. The molecule has 106 valence electrons. The molecule has 0 heterocycles. The Balaban J connectivity index is 2.35. The zero-order valence-electron chi connectivity index (χ0n) is 11.8. The fourth-order valence-corrected chi connectivity index (χ4v) is 1.50. The second-order valence-electron chi connectivity index (χ2n) is 4.05. The summed E-state index contributed by atoms with van der Waals surface area (Å²) in [6.45, 7) is 2.01. The van der Waals surface area contributed by atoms with Gasteiger partial charge in [0.2, 0.25) is 0 Å². The largest absolute Gasteiger partial charge is 0.497 e. The standard InChI is InChI=1S/C16H18O4/c1-3-20-16(18)12-14(17)7-5-4-6-13-8-10-15(19-2)11-9-13/h8-11H,3,5,7,12H2,1-2H3. The number of carbonyl (C=O) groups is 2. The van der Waals surface area contributed by atoms with Crippen molar-refractivity contribution < 1.29 is 19.1 Å². The molecule has 4 heteroatoms. The molecule has 0 unspecified atom stereocenters. The lowest BCUT2D eigenvalue weighted by molar-refractivity contribution is -0.145. The van der Waals surface area contributed by atoms with Gasteiger partial charge in [-0.25, -0.2) is 0 Å². The quantitative estimate of drug-likeness (QED) is 0.454. The highest BCUT2D eigenvalue weighted by molar-refractivity contribution is 5.95. The van der Waals surface area contributed by atoms with Crippen molar-refractivity contribution in [1.82, 2.24) is 0 Å². The van der Waals surface area contributed by atoms with Crippen LogP contribution in [-0.2, 0) is 14.3 Å². The molecular formula is C16H18O4. The Hall–Kier alpha value is -2.28. The second kappa shape index (κ2) is 8.76. The number of hydrogen-bond acceptors (Lipinski definition) is 4. The topological polar surface area (TPSA) is 52.6 Å². The van der Waals surface area contributed by atoms with Crippen molar-refractivity contribution >= 4 is 11.8 Å². The van der Waals surface area contributed by atoms with Crippen molar-refractivity contribution in [2.75, 3.05) is 13.7 Å². The summed E-state index contributed by atoms with van der Waals surface area (Å²) in [5.41, 5.74) is 0.864. The molecular weight excluding hydrogens is 256 g/mol. The number of carbonyl (C=O) groups excluding carboxylic acids is 2. The Morgan fingerprint density at radius 1 is 1.20 bits per heavy atom. The predicted molar refractivity (Wildman–Crippen MR) is 75.4 cm³/mol. The van der Waals surface area contributed by atoms with Gasteiger partial charge in [0.15, 0.2) is 0 Å². The fourth-order valence-electron chi connectivity index (χ4n) is 1.50. The predicted octanol–water partition coefficient (Wildman–Crippen LogP) is 2.35.